The molecular formula is C15H26N2O. The monoisotopic (exact) mass is 250 g/mol. The van der Waals surface area contributed by atoms with E-state index in [2.05, 4.69) is 4.98 Å². The molecule has 1 rings (SSSR count). The van der Waals surface area contributed by atoms with Crippen LogP contribution in [0.1, 0.15) is 52.0 Å². The summed E-state index contributed by atoms with van der Waals surface area (Å²) in [5.74, 6) is 0. The van der Waals surface area contributed by atoms with Crippen molar-refractivity contribution in [3.8, 4) is 0 Å². The van der Waals surface area contributed by atoms with E-state index in [0.717, 1.165) is 11.9 Å². The van der Waals surface area contributed by atoms with Gasteiger partial charge in [-0.1, -0.05) is 45.9 Å². The molecule has 0 unspecified atom stereocenters. The quantitative estimate of drug-likeness (QED) is 0.591. The molecule has 1 aromatic rings. The molecule has 0 atom stereocenters. The predicted molar refractivity (Wildman–Crippen MR) is 78.9 cm³/mol. The molecule has 102 valence electrons. The van der Waals surface area contributed by atoms with Crippen LogP contribution in [-0.2, 0) is 6.54 Å². The lowest BCUT2D eigenvalue weighted by Crippen LogP contribution is -2.02. The first-order chi connectivity index (χ1) is 8.81. The molecule has 3 heteroatoms. The molecular weight excluding hydrogens is 224 g/mol. The molecule has 0 amide bonds. The average molecular weight is 250 g/mol. The van der Waals surface area contributed by atoms with Crippen LogP contribution in [0.25, 0.3) is 0 Å². The highest BCUT2D eigenvalue weighted by Crippen LogP contribution is 2.04. The van der Waals surface area contributed by atoms with Crippen LogP contribution in [0, 0.1) is 0 Å². The second-order valence-electron chi connectivity index (χ2n) is 2.93. The summed E-state index contributed by atoms with van der Waals surface area (Å²) in [4.78, 5) is 14.5. The third-order valence-corrected chi connectivity index (χ3v) is 1.97. The Morgan fingerprint density at radius 2 is 1.89 bits per heavy atom. The number of carbonyl (C=O) groups excluding carboxylic acids is 1. The fourth-order valence-electron chi connectivity index (χ4n) is 1.21. The van der Waals surface area contributed by atoms with Crippen molar-refractivity contribution in [2.45, 2.75) is 48.1 Å². The largest absolute Gasteiger partial charge is 0.324 e. The standard InChI is InChI=1S/C11H14N2O.2C2H6/c1-3-5-10(4-2)7-13-9-12-6-11(13)8-14;2*1-2/h3-6,8-9H,7H2,1-2H3;2*1-2H3/b5-3-,10-4+;;. The van der Waals surface area contributed by atoms with Gasteiger partial charge >= 0.3 is 0 Å². The normalized spacial score (nSPS) is 10.2. The molecule has 18 heavy (non-hydrogen) atoms. The minimum absolute atomic E-state index is 0.605. The maximum atomic E-state index is 10.6. The zero-order chi connectivity index (χ0) is 14.4. The Labute approximate surface area is 111 Å². The van der Waals surface area contributed by atoms with Gasteiger partial charge in [0.1, 0.15) is 5.69 Å². The zero-order valence-corrected chi connectivity index (χ0v) is 12.5. The molecule has 0 bridgehead atoms. The van der Waals surface area contributed by atoms with Gasteiger partial charge in [-0.25, -0.2) is 4.98 Å². The minimum Gasteiger partial charge on any atom is -0.324 e. The molecule has 0 saturated heterocycles. The van der Waals surface area contributed by atoms with Gasteiger partial charge in [0, 0.05) is 6.54 Å². The van der Waals surface area contributed by atoms with Crippen molar-refractivity contribution in [3.05, 3.63) is 42.0 Å². The third kappa shape index (κ3) is 6.84. The number of allylic oxidation sites excluding steroid dienone is 4. The van der Waals surface area contributed by atoms with Gasteiger partial charge in [-0.05, 0) is 19.4 Å². The molecule has 0 radical (unpaired) electrons. The van der Waals surface area contributed by atoms with Gasteiger partial charge < -0.3 is 4.57 Å². The maximum absolute atomic E-state index is 10.6. The second-order valence-corrected chi connectivity index (χ2v) is 2.93. The summed E-state index contributed by atoms with van der Waals surface area (Å²) >= 11 is 0. The van der Waals surface area contributed by atoms with Gasteiger partial charge in [0.2, 0.25) is 0 Å². The van der Waals surface area contributed by atoms with Crippen molar-refractivity contribution in [3.63, 3.8) is 0 Å². The zero-order valence-electron chi connectivity index (χ0n) is 12.5. The molecule has 0 aliphatic heterocycles. The van der Waals surface area contributed by atoms with Crippen molar-refractivity contribution in [2.75, 3.05) is 0 Å². The highest BCUT2D eigenvalue weighted by atomic mass is 16.1. The molecule has 0 spiro atoms. The van der Waals surface area contributed by atoms with Crippen LogP contribution in [0.2, 0.25) is 0 Å². The van der Waals surface area contributed by atoms with Crippen LogP contribution in [0.15, 0.2) is 36.3 Å². The van der Waals surface area contributed by atoms with Crippen molar-refractivity contribution in [1.29, 1.82) is 0 Å². The molecule has 3 nitrogen and oxygen atoms in total. The van der Waals surface area contributed by atoms with E-state index in [1.165, 1.54) is 0 Å². The lowest BCUT2D eigenvalue weighted by Gasteiger charge is -2.04. The summed E-state index contributed by atoms with van der Waals surface area (Å²) in [5, 5.41) is 0. The van der Waals surface area contributed by atoms with E-state index in [9.17, 15) is 4.79 Å². The predicted octanol–water partition coefficient (Wildman–Crippen LogP) is 4.27. The molecule has 0 aliphatic rings. The van der Waals surface area contributed by atoms with E-state index >= 15 is 0 Å². The minimum atomic E-state index is 0.605. The topological polar surface area (TPSA) is 34.9 Å². The Balaban J connectivity index is 0. The first-order valence-corrected chi connectivity index (χ1v) is 6.55. The number of rotatable bonds is 4. The lowest BCUT2D eigenvalue weighted by atomic mass is 10.2. The van der Waals surface area contributed by atoms with Crippen LogP contribution < -0.4 is 0 Å². The second kappa shape index (κ2) is 13.4. The highest BCUT2D eigenvalue weighted by molar-refractivity contribution is 5.71. The van der Waals surface area contributed by atoms with E-state index in [4.69, 9.17) is 0 Å². The summed E-state index contributed by atoms with van der Waals surface area (Å²) in [7, 11) is 0. The van der Waals surface area contributed by atoms with Crippen LogP contribution in [0.5, 0.6) is 0 Å². The average Bonchev–Trinajstić information content (AvgIpc) is 2.90. The number of aromatic nitrogens is 2. The highest BCUT2D eigenvalue weighted by Gasteiger charge is 2.00. The molecule has 0 N–H and O–H groups in total. The number of hydrogen-bond acceptors (Lipinski definition) is 2. The summed E-state index contributed by atoms with van der Waals surface area (Å²) in [6.07, 6.45) is 10.1. The Hall–Kier alpha value is -1.64. The van der Waals surface area contributed by atoms with Gasteiger partial charge in [-0.15, -0.1) is 0 Å². The molecule has 0 fully saturated rings. The summed E-state index contributed by atoms with van der Waals surface area (Å²) in [6.45, 7) is 12.6. The fraction of sp³-hybridized carbons (Fsp3) is 0.467. The van der Waals surface area contributed by atoms with Gasteiger partial charge in [0.15, 0.2) is 6.29 Å². The Bertz CT molecular complexity index is 362. The van der Waals surface area contributed by atoms with Crippen LogP contribution in [-0.4, -0.2) is 15.8 Å². The Morgan fingerprint density at radius 1 is 1.28 bits per heavy atom. The number of hydrogen-bond donors (Lipinski definition) is 0. The first kappa shape index (κ1) is 18.7. The molecule has 0 aliphatic carbocycles. The smallest absolute Gasteiger partial charge is 0.168 e. The van der Waals surface area contributed by atoms with Crippen molar-refractivity contribution in [1.82, 2.24) is 9.55 Å². The third-order valence-electron chi connectivity index (χ3n) is 1.97. The van der Waals surface area contributed by atoms with Crippen molar-refractivity contribution in [2.24, 2.45) is 0 Å². The summed E-state index contributed by atoms with van der Waals surface area (Å²) in [6, 6.07) is 0. The van der Waals surface area contributed by atoms with Gasteiger partial charge in [-0.3, -0.25) is 4.79 Å². The number of carbonyl (C=O) groups is 1. The molecule has 1 aromatic heterocycles. The van der Waals surface area contributed by atoms with E-state index in [0.29, 0.717) is 12.2 Å². The van der Waals surface area contributed by atoms with E-state index in [1.807, 2.05) is 64.3 Å². The van der Waals surface area contributed by atoms with Crippen LogP contribution in [0.3, 0.4) is 0 Å². The maximum Gasteiger partial charge on any atom is 0.168 e. The summed E-state index contributed by atoms with van der Waals surface area (Å²) in [5.41, 5.74) is 1.77. The molecule has 1 heterocycles. The fourth-order valence-corrected chi connectivity index (χ4v) is 1.21. The van der Waals surface area contributed by atoms with E-state index < -0.39 is 0 Å². The lowest BCUT2D eigenvalue weighted by molar-refractivity contribution is 0.111. The summed E-state index contributed by atoms with van der Waals surface area (Å²) < 4.78 is 1.82. The molecule has 0 saturated carbocycles. The van der Waals surface area contributed by atoms with Gasteiger partial charge in [0.05, 0.1) is 12.5 Å². The van der Waals surface area contributed by atoms with E-state index in [-0.39, 0.29) is 0 Å². The van der Waals surface area contributed by atoms with Crippen LogP contribution in [0.4, 0.5) is 0 Å². The van der Waals surface area contributed by atoms with Gasteiger partial charge in [-0.2, -0.15) is 0 Å². The van der Waals surface area contributed by atoms with Crippen molar-refractivity contribution >= 4 is 6.29 Å². The number of imidazole rings is 1. The molecule has 0 aromatic carbocycles. The Kier molecular flexibility index (Phi) is 14.0. The Morgan fingerprint density at radius 3 is 2.33 bits per heavy atom. The van der Waals surface area contributed by atoms with Crippen molar-refractivity contribution < 1.29 is 4.79 Å². The number of aldehydes is 1. The van der Waals surface area contributed by atoms with Crippen LogP contribution >= 0.6 is 0 Å². The van der Waals surface area contributed by atoms with E-state index in [1.54, 1.807) is 12.5 Å². The SMILES string of the molecule is C/C=C\C(=C/C)Cn1cncc1C=O.CC.CC. The first-order valence-electron chi connectivity index (χ1n) is 6.55. The number of nitrogens with zero attached hydrogens (tertiary/aromatic N) is 2. The van der Waals surface area contributed by atoms with Gasteiger partial charge in [0.25, 0.3) is 0 Å².